The fraction of sp³-hybridized carbons (Fsp3) is 0.250. The fourth-order valence-corrected chi connectivity index (χ4v) is 3.81. The first-order chi connectivity index (χ1) is 13.9. The van der Waals surface area contributed by atoms with Crippen LogP contribution < -0.4 is 5.32 Å². The van der Waals surface area contributed by atoms with E-state index in [1.807, 2.05) is 42.0 Å². The first-order valence-electron chi connectivity index (χ1n) is 8.99. The summed E-state index contributed by atoms with van der Waals surface area (Å²) in [6.45, 7) is 2.26. The number of aromatic nitrogens is 2. The Labute approximate surface area is 183 Å². The van der Waals surface area contributed by atoms with Crippen LogP contribution in [-0.2, 0) is 4.79 Å². The van der Waals surface area contributed by atoms with E-state index in [2.05, 4.69) is 10.3 Å². The number of pyridine rings is 1. The number of rotatable bonds is 7. The number of halogens is 2. The van der Waals surface area contributed by atoms with E-state index in [4.69, 9.17) is 23.2 Å². The molecule has 0 bridgehead atoms. The Hall–Kier alpha value is -2.22. The normalized spacial score (nSPS) is 10.9. The van der Waals surface area contributed by atoms with Gasteiger partial charge < -0.3 is 10.2 Å². The van der Waals surface area contributed by atoms with E-state index in [0.717, 1.165) is 5.16 Å². The Morgan fingerprint density at radius 2 is 2.03 bits per heavy atom. The lowest BCUT2D eigenvalue weighted by atomic mass is 10.2. The van der Waals surface area contributed by atoms with Gasteiger partial charge in [-0.05, 0) is 43.0 Å². The summed E-state index contributed by atoms with van der Waals surface area (Å²) in [4.78, 5) is 31.8. The molecule has 0 saturated heterocycles. The molecular formula is C20H20Cl2N4O2S. The molecule has 0 aliphatic carbocycles. The van der Waals surface area contributed by atoms with Crippen molar-refractivity contribution in [1.82, 2.24) is 14.3 Å². The van der Waals surface area contributed by atoms with Gasteiger partial charge in [-0.25, -0.2) is 4.98 Å². The monoisotopic (exact) mass is 450 g/mol. The number of thioether (sulfide) groups is 1. The lowest BCUT2D eigenvalue weighted by Gasteiger charge is -2.21. The van der Waals surface area contributed by atoms with Crippen molar-refractivity contribution in [2.24, 2.45) is 0 Å². The topological polar surface area (TPSA) is 66.7 Å². The van der Waals surface area contributed by atoms with Crippen LogP contribution in [0.5, 0.6) is 0 Å². The molecule has 1 aromatic carbocycles. The lowest BCUT2D eigenvalue weighted by Crippen LogP contribution is -2.38. The van der Waals surface area contributed by atoms with E-state index >= 15 is 0 Å². The van der Waals surface area contributed by atoms with Crippen molar-refractivity contribution in [3.05, 3.63) is 58.3 Å². The van der Waals surface area contributed by atoms with E-state index in [9.17, 15) is 9.59 Å². The second kappa shape index (κ2) is 9.52. The maximum absolute atomic E-state index is 13.2. The molecule has 0 saturated carbocycles. The highest BCUT2D eigenvalue weighted by atomic mass is 35.5. The Morgan fingerprint density at radius 1 is 1.24 bits per heavy atom. The van der Waals surface area contributed by atoms with Gasteiger partial charge in [0.1, 0.15) is 6.54 Å². The number of fused-ring (bicyclic) bond motifs is 1. The highest BCUT2D eigenvalue weighted by Crippen LogP contribution is 2.25. The number of hydrogen-bond donors (Lipinski definition) is 1. The number of carbonyl (C=O) groups excluding carboxylic acids is 2. The van der Waals surface area contributed by atoms with Gasteiger partial charge in [0.15, 0.2) is 10.9 Å². The van der Waals surface area contributed by atoms with Gasteiger partial charge in [-0.3, -0.25) is 14.0 Å². The summed E-state index contributed by atoms with van der Waals surface area (Å²) in [7, 11) is 0. The summed E-state index contributed by atoms with van der Waals surface area (Å²) in [6.07, 6.45) is 4.48. The van der Waals surface area contributed by atoms with Crippen LogP contribution in [-0.4, -0.2) is 45.4 Å². The largest absolute Gasteiger partial charge is 0.328 e. The zero-order chi connectivity index (χ0) is 21.0. The van der Waals surface area contributed by atoms with Gasteiger partial charge in [0, 0.05) is 17.8 Å². The zero-order valence-corrected chi connectivity index (χ0v) is 18.3. The second-order valence-electron chi connectivity index (χ2n) is 6.30. The zero-order valence-electron chi connectivity index (χ0n) is 16.0. The maximum atomic E-state index is 13.2. The summed E-state index contributed by atoms with van der Waals surface area (Å²) < 4.78 is 1.87. The van der Waals surface area contributed by atoms with Crippen molar-refractivity contribution >= 4 is 58.0 Å². The summed E-state index contributed by atoms with van der Waals surface area (Å²) >= 11 is 13.5. The van der Waals surface area contributed by atoms with Gasteiger partial charge in [-0.1, -0.05) is 48.0 Å². The Kier molecular flexibility index (Phi) is 7.05. The average molecular weight is 451 g/mol. The van der Waals surface area contributed by atoms with Gasteiger partial charge in [0.2, 0.25) is 5.91 Å². The van der Waals surface area contributed by atoms with Crippen LogP contribution in [0.15, 0.2) is 47.8 Å². The maximum Gasteiger partial charge on any atom is 0.275 e. The predicted molar refractivity (Wildman–Crippen MR) is 118 cm³/mol. The lowest BCUT2D eigenvalue weighted by molar-refractivity contribution is -0.116. The minimum Gasteiger partial charge on any atom is -0.328 e. The number of nitrogens with zero attached hydrogens (tertiary/aromatic N) is 3. The smallest absolute Gasteiger partial charge is 0.275 e. The minimum absolute atomic E-state index is 0.115. The second-order valence-corrected chi connectivity index (χ2v) is 7.92. The SMILES string of the molecule is CCCN(CC(=O)Nc1cc(Cl)ccc1Cl)C(=O)c1nc(SC)n2ccccc12. The highest BCUT2D eigenvalue weighted by molar-refractivity contribution is 7.98. The van der Waals surface area contributed by atoms with Crippen molar-refractivity contribution in [2.45, 2.75) is 18.5 Å². The Bertz CT molecular complexity index is 1050. The summed E-state index contributed by atoms with van der Waals surface area (Å²) in [6, 6.07) is 10.4. The molecule has 29 heavy (non-hydrogen) atoms. The molecule has 2 aromatic heterocycles. The minimum atomic E-state index is -0.357. The van der Waals surface area contributed by atoms with Gasteiger partial charge >= 0.3 is 0 Å². The van der Waals surface area contributed by atoms with E-state index in [1.54, 1.807) is 18.2 Å². The first-order valence-corrected chi connectivity index (χ1v) is 11.0. The molecule has 0 aliphatic rings. The molecule has 0 atom stereocenters. The number of carbonyl (C=O) groups is 2. The Balaban J connectivity index is 1.83. The van der Waals surface area contributed by atoms with Crippen molar-refractivity contribution in [2.75, 3.05) is 24.7 Å². The van der Waals surface area contributed by atoms with Crippen LogP contribution in [0.4, 0.5) is 5.69 Å². The van der Waals surface area contributed by atoms with Crippen molar-refractivity contribution < 1.29 is 9.59 Å². The van der Waals surface area contributed by atoms with Crippen molar-refractivity contribution in [1.29, 1.82) is 0 Å². The molecule has 9 heteroatoms. The summed E-state index contributed by atoms with van der Waals surface area (Å²) in [5, 5.41) is 4.27. The molecule has 0 unspecified atom stereocenters. The van der Waals surface area contributed by atoms with Crippen LogP contribution in [0.2, 0.25) is 10.0 Å². The molecule has 2 heterocycles. The molecule has 0 aliphatic heterocycles. The third kappa shape index (κ3) is 4.86. The van der Waals surface area contributed by atoms with E-state index in [-0.39, 0.29) is 18.4 Å². The molecular weight excluding hydrogens is 431 g/mol. The van der Waals surface area contributed by atoms with Crippen LogP contribution in [0, 0.1) is 0 Å². The molecule has 152 valence electrons. The van der Waals surface area contributed by atoms with Crippen molar-refractivity contribution in [3.63, 3.8) is 0 Å². The molecule has 1 N–H and O–H groups in total. The third-order valence-electron chi connectivity index (χ3n) is 4.22. The molecule has 6 nitrogen and oxygen atoms in total. The third-order valence-corrected chi connectivity index (χ3v) is 5.44. The van der Waals surface area contributed by atoms with E-state index < -0.39 is 0 Å². The number of amides is 2. The van der Waals surface area contributed by atoms with Crippen LogP contribution in [0.3, 0.4) is 0 Å². The summed E-state index contributed by atoms with van der Waals surface area (Å²) in [5.41, 5.74) is 1.45. The molecule has 2 amide bonds. The van der Waals surface area contributed by atoms with E-state index in [1.165, 1.54) is 16.7 Å². The molecule has 3 rings (SSSR count). The fourth-order valence-electron chi connectivity index (χ4n) is 2.94. The molecule has 3 aromatic rings. The van der Waals surface area contributed by atoms with Gasteiger partial charge in [0.05, 0.1) is 16.2 Å². The van der Waals surface area contributed by atoms with E-state index in [0.29, 0.717) is 39.9 Å². The van der Waals surface area contributed by atoms with Crippen molar-refractivity contribution in [3.8, 4) is 0 Å². The van der Waals surface area contributed by atoms with Crippen LogP contribution in [0.25, 0.3) is 5.52 Å². The number of imidazole rings is 1. The van der Waals surface area contributed by atoms with Crippen LogP contribution >= 0.6 is 35.0 Å². The molecule has 0 spiro atoms. The Morgan fingerprint density at radius 3 is 2.76 bits per heavy atom. The number of hydrogen-bond acceptors (Lipinski definition) is 4. The van der Waals surface area contributed by atoms with Gasteiger partial charge in [0.25, 0.3) is 5.91 Å². The standard InChI is InChI=1S/C20H20Cl2N4O2S/c1-3-9-25(12-17(27)23-15-11-13(21)7-8-14(15)22)19(28)18-16-6-4-5-10-26(16)20(24-18)29-2/h4-8,10-11H,3,9,12H2,1-2H3,(H,23,27). The summed E-state index contributed by atoms with van der Waals surface area (Å²) in [5.74, 6) is -0.646. The van der Waals surface area contributed by atoms with Crippen LogP contribution in [0.1, 0.15) is 23.8 Å². The van der Waals surface area contributed by atoms with Gasteiger partial charge in [-0.2, -0.15) is 0 Å². The quantitative estimate of drug-likeness (QED) is 0.522. The number of nitrogens with one attached hydrogen (secondary N) is 1. The van der Waals surface area contributed by atoms with Gasteiger partial charge in [-0.15, -0.1) is 0 Å². The first kappa shape index (κ1) is 21.5. The highest BCUT2D eigenvalue weighted by Gasteiger charge is 2.24. The molecule has 0 radical (unpaired) electrons. The molecule has 0 fully saturated rings. The number of anilines is 1. The number of benzene rings is 1. The average Bonchev–Trinajstić information content (AvgIpc) is 3.09. The predicted octanol–water partition coefficient (Wildman–Crippen LogP) is 4.85.